The van der Waals surface area contributed by atoms with Crippen molar-refractivity contribution in [3.63, 3.8) is 0 Å². The monoisotopic (exact) mass is 297 g/mol. The molecule has 1 heterocycles. The third-order valence-electron chi connectivity index (χ3n) is 4.89. The number of aliphatic hydroxyl groups is 1. The Hall–Kier alpha value is -1.30. The van der Waals surface area contributed by atoms with Crippen LogP contribution in [0.2, 0.25) is 0 Å². The number of aliphatic hydroxyl groups excluding tert-OH is 1. The van der Waals surface area contributed by atoms with E-state index >= 15 is 0 Å². The number of hydrogen-bond acceptors (Lipinski definition) is 3. The fraction of sp³-hybridized carbons (Fsp3) is 0.867. The summed E-state index contributed by atoms with van der Waals surface area (Å²) in [6.07, 6.45) is 5.39. The SMILES string of the molecule is CC1CCCC(CO)(NC(=O)C2CCCN(C(N)=O)C2)C1. The lowest BCUT2D eigenvalue weighted by Crippen LogP contribution is -2.57. The third kappa shape index (κ3) is 3.87. The molecule has 6 heteroatoms. The lowest BCUT2D eigenvalue weighted by atomic mass is 9.76. The lowest BCUT2D eigenvalue weighted by molar-refractivity contribution is -0.129. The molecule has 1 saturated carbocycles. The third-order valence-corrected chi connectivity index (χ3v) is 4.89. The van der Waals surface area contributed by atoms with Gasteiger partial charge < -0.3 is 21.1 Å². The van der Waals surface area contributed by atoms with E-state index in [1.165, 1.54) is 4.90 Å². The molecule has 0 aromatic heterocycles. The molecule has 2 rings (SSSR count). The zero-order chi connectivity index (χ0) is 15.5. The zero-order valence-electron chi connectivity index (χ0n) is 12.8. The summed E-state index contributed by atoms with van der Waals surface area (Å²) in [5.41, 5.74) is 4.82. The number of primary amides is 1. The number of amides is 3. The first-order valence-electron chi connectivity index (χ1n) is 7.93. The Morgan fingerprint density at radius 2 is 2.14 bits per heavy atom. The second-order valence-corrected chi connectivity index (χ2v) is 6.75. The Labute approximate surface area is 126 Å². The summed E-state index contributed by atoms with van der Waals surface area (Å²) < 4.78 is 0. The van der Waals surface area contributed by atoms with Crippen molar-refractivity contribution in [1.82, 2.24) is 10.2 Å². The fourth-order valence-electron chi connectivity index (χ4n) is 3.71. The van der Waals surface area contributed by atoms with Crippen LogP contribution in [-0.4, -0.2) is 47.2 Å². The summed E-state index contributed by atoms with van der Waals surface area (Å²) >= 11 is 0. The molecule has 3 unspecified atom stereocenters. The van der Waals surface area contributed by atoms with Crippen molar-refractivity contribution < 1.29 is 14.7 Å². The lowest BCUT2D eigenvalue weighted by Gasteiger charge is -2.41. The Kier molecular flexibility index (Phi) is 5.08. The van der Waals surface area contributed by atoms with Gasteiger partial charge in [0, 0.05) is 13.1 Å². The number of urea groups is 1. The molecule has 1 aliphatic heterocycles. The number of hydrogen-bond donors (Lipinski definition) is 3. The van der Waals surface area contributed by atoms with E-state index in [-0.39, 0.29) is 18.4 Å². The quantitative estimate of drug-likeness (QED) is 0.720. The van der Waals surface area contributed by atoms with E-state index in [1.807, 2.05) is 0 Å². The van der Waals surface area contributed by atoms with Gasteiger partial charge in [-0.2, -0.15) is 0 Å². The number of nitrogens with one attached hydrogen (secondary N) is 1. The number of rotatable bonds is 3. The minimum Gasteiger partial charge on any atom is -0.394 e. The summed E-state index contributed by atoms with van der Waals surface area (Å²) in [7, 11) is 0. The average molecular weight is 297 g/mol. The van der Waals surface area contributed by atoms with Crippen molar-refractivity contribution in [3.05, 3.63) is 0 Å². The minimum absolute atomic E-state index is 0.0185. The van der Waals surface area contributed by atoms with Gasteiger partial charge in [0.25, 0.3) is 0 Å². The molecule has 3 amide bonds. The Balaban J connectivity index is 1.97. The largest absolute Gasteiger partial charge is 0.394 e. The molecule has 0 bridgehead atoms. The molecule has 6 nitrogen and oxygen atoms in total. The van der Waals surface area contributed by atoms with E-state index < -0.39 is 11.6 Å². The normalized spacial score (nSPS) is 33.5. The maximum Gasteiger partial charge on any atom is 0.314 e. The smallest absolute Gasteiger partial charge is 0.314 e. The molecule has 2 aliphatic rings. The standard InChI is InChI=1S/C15H27N3O3/c1-11-4-2-6-15(8-11,10-19)17-13(20)12-5-3-7-18(9-12)14(16)21/h11-12,19H,2-10H2,1H3,(H2,16,21)(H,17,20). The van der Waals surface area contributed by atoms with Crippen LogP contribution in [0.15, 0.2) is 0 Å². The molecule has 0 aromatic rings. The average Bonchev–Trinajstić information content (AvgIpc) is 2.47. The molecular weight excluding hydrogens is 270 g/mol. The van der Waals surface area contributed by atoms with Crippen molar-refractivity contribution in [2.45, 2.75) is 51.0 Å². The van der Waals surface area contributed by atoms with E-state index in [1.54, 1.807) is 0 Å². The Bertz CT molecular complexity index is 402. The second-order valence-electron chi connectivity index (χ2n) is 6.75. The van der Waals surface area contributed by atoms with E-state index in [2.05, 4.69) is 12.2 Å². The van der Waals surface area contributed by atoms with Crippen LogP contribution in [0.5, 0.6) is 0 Å². The van der Waals surface area contributed by atoms with Crippen LogP contribution >= 0.6 is 0 Å². The molecule has 2 fully saturated rings. The predicted octanol–water partition coefficient (Wildman–Crippen LogP) is 0.834. The number of nitrogens with zero attached hydrogens (tertiary/aromatic N) is 1. The predicted molar refractivity (Wildman–Crippen MR) is 79.5 cm³/mol. The Morgan fingerprint density at radius 3 is 2.76 bits per heavy atom. The molecule has 0 aromatic carbocycles. The maximum absolute atomic E-state index is 12.5. The first-order chi connectivity index (χ1) is 9.96. The molecule has 3 atom stereocenters. The number of carbonyl (C=O) groups excluding carboxylic acids is 2. The van der Waals surface area contributed by atoms with Crippen molar-refractivity contribution in [2.75, 3.05) is 19.7 Å². The molecule has 120 valence electrons. The van der Waals surface area contributed by atoms with Crippen molar-refractivity contribution in [2.24, 2.45) is 17.6 Å². The van der Waals surface area contributed by atoms with Crippen LogP contribution in [0.4, 0.5) is 4.79 Å². The molecule has 0 spiro atoms. The minimum atomic E-state index is -0.482. The van der Waals surface area contributed by atoms with Gasteiger partial charge in [-0.1, -0.05) is 19.8 Å². The molecule has 1 saturated heterocycles. The van der Waals surface area contributed by atoms with Gasteiger partial charge in [-0.05, 0) is 31.6 Å². The van der Waals surface area contributed by atoms with Gasteiger partial charge in [-0.3, -0.25) is 4.79 Å². The fourth-order valence-corrected chi connectivity index (χ4v) is 3.71. The molecular formula is C15H27N3O3. The van der Waals surface area contributed by atoms with Crippen LogP contribution in [0, 0.1) is 11.8 Å². The van der Waals surface area contributed by atoms with Crippen molar-refractivity contribution in [1.29, 1.82) is 0 Å². The summed E-state index contributed by atoms with van der Waals surface area (Å²) in [4.78, 5) is 25.3. The summed E-state index contributed by atoms with van der Waals surface area (Å²) in [6, 6.07) is -0.462. The molecule has 1 aliphatic carbocycles. The van der Waals surface area contributed by atoms with Crippen LogP contribution in [0.1, 0.15) is 45.4 Å². The van der Waals surface area contributed by atoms with E-state index in [0.29, 0.717) is 19.0 Å². The van der Waals surface area contributed by atoms with Gasteiger partial charge in [0.2, 0.25) is 5.91 Å². The van der Waals surface area contributed by atoms with Gasteiger partial charge in [0.15, 0.2) is 0 Å². The number of carbonyl (C=O) groups is 2. The van der Waals surface area contributed by atoms with Gasteiger partial charge >= 0.3 is 6.03 Å². The van der Waals surface area contributed by atoms with Gasteiger partial charge in [0.05, 0.1) is 18.1 Å². The van der Waals surface area contributed by atoms with Crippen LogP contribution in [0.25, 0.3) is 0 Å². The first kappa shape index (κ1) is 16.1. The molecule has 4 N–H and O–H groups in total. The van der Waals surface area contributed by atoms with Crippen LogP contribution < -0.4 is 11.1 Å². The molecule has 0 radical (unpaired) electrons. The van der Waals surface area contributed by atoms with Crippen LogP contribution in [-0.2, 0) is 4.79 Å². The van der Waals surface area contributed by atoms with Gasteiger partial charge in [-0.15, -0.1) is 0 Å². The molecule has 21 heavy (non-hydrogen) atoms. The summed E-state index contributed by atoms with van der Waals surface area (Å²) in [6.45, 7) is 3.15. The van der Waals surface area contributed by atoms with E-state index in [9.17, 15) is 14.7 Å². The number of nitrogens with two attached hydrogens (primary N) is 1. The van der Waals surface area contributed by atoms with E-state index in [4.69, 9.17) is 5.73 Å². The van der Waals surface area contributed by atoms with E-state index in [0.717, 1.165) is 38.5 Å². The topological polar surface area (TPSA) is 95.7 Å². The zero-order valence-corrected chi connectivity index (χ0v) is 12.8. The maximum atomic E-state index is 12.5. The highest BCUT2D eigenvalue weighted by molar-refractivity contribution is 5.81. The highest BCUT2D eigenvalue weighted by Crippen LogP contribution is 2.32. The van der Waals surface area contributed by atoms with Crippen molar-refractivity contribution in [3.8, 4) is 0 Å². The highest BCUT2D eigenvalue weighted by Gasteiger charge is 2.38. The second kappa shape index (κ2) is 6.64. The highest BCUT2D eigenvalue weighted by atomic mass is 16.3. The first-order valence-corrected chi connectivity index (χ1v) is 7.93. The number of likely N-dealkylation sites (tertiary alicyclic amines) is 1. The van der Waals surface area contributed by atoms with Crippen LogP contribution in [0.3, 0.4) is 0 Å². The Morgan fingerprint density at radius 1 is 1.38 bits per heavy atom. The van der Waals surface area contributed by atoms with Gasteiger partial charge in [-0.25, -0.2) is 4.79 Å². The van der Waals surface area contributed by atoms with Gasteiger partial charge in [0.1, 0.15) is 0 Å². The summed E-state index contributed by atoms with van der Waals surface area (Å²) in [5.74, 6) is 0.246. The number of piperidine rings is 1. The summed E-state index contributed by atoms with van der Waals surface area (Å²) in [5, 5.41) is 12.8. The van der Waals surface area contributed by atoms with Crippen molar-refractivity contribution >= 4 is 11.9 Å².